The van der Waals surface area contributed by atoms with E-state index in [1.807, 2.05) is 0 Å². The molecule has 0 aliphatic heterocycles. The van der Waals surface area contributed by atoms with Gasteiger partial charge in [0.2, 0.25) is 0 Å². The van der Waals surface area contributed by atoms with Crippen LogP contribution in [0.4, 0.5) is 5.69 Å². The lowest BCUT2D eigenvalue weighted by Gasteiger charge is -1.99. The number of benzene rings is 1. The van der Waals surface area contributed by atoms with Crippen LogP contribution < -0.4 is 0 Å². The van der Waals surface area contributed by atoms with E-state index >= 15 is 0 Å². The van der Waals surface area contributed by atoms with Crippen molar-refractivity contribution < 1.29 is 10.0 Å². The van der Waals surface area contributed by atoms with Crippen molar-refractivity contribution in [1.29, 1.82) is 0 Å². The van der Waals surface area contributed by atoms with E-state index < -0.39 is 10.7 Å². The van der Waals surface area contributed by atoms with Crippen LogP contribution in [0.1, 0.15) is 5.56 Å². The van der Waals surface area contributed by atoms with Gasteiger partial charge in [-0.3, -0.25) is 10.1 Å². The highest BCUT2D eigenvalue weighted by Crippen LogP contribution is 2.31. The number of hydrogen-bond donors (Lipinski definition) is 1. The predicted molar refractivity (Wildman–Crippen MR) is 44.5 cm³/mol. The molecule has 0 aliphatic rings. The van der Waals surface area contributed by atoms with Gasteiger partial charge in [-0.05, 0) is 12.5 Å². The summed E-state index contributed by atoms with van der Waals surface area (Å²) in [6, 6.07) is 2.40. The Morgan fingerprint density at radius 2 is 2.17 bits per heavy atom. The number of halogens is 1. The molecule has 0 saturated heterocycles. The Hall–Kier alpha value is -1.29. The molecule has 0 atom stereocenters. The molecule has 5 heteroatoms. The number of hydrogen-bond acceptors (Lipinski definition) is 3. The minimum atomic E-state index is -0.654. The molecule has 4 nitrogen and oxygen atoms in total. The third kappa shape index (κ3) is 1.48. The molecule has 12 heavy (non-hydrogen) atoms. The highest BCUT2D eigenvalue weighted by Gasteiger charge is 2.14. The van der Waals surface area contributed by atoms with Gasteiger partial charge in [0.25, 0.3) is 0 Å². The average Bonchev–Trinajstić information content (AvgIpc) is 1.96. The van der Waals surface area contributed by atoms with Gasteiger partial charge in [0.15, 0.2) is 5.75 Å². The molecular formula is C7H6ClNO3. The van der Waals surface area contributed by atoms with E-state index in [9.17, 15) is 10.1 Å². The fraction of sp³-hybridized carbons (Fsp3) is 0.143. The van der Waals surface area contributed by atoms with Crippen LogP contribution in [-0.2, 0) is 0 Å². The summed E-state index contributed by atoms with van der Waals surface area (Å²) in [4.78, 5) is 9.63. The van der Waals surface area contributed by atoms with E-state index in [1.54, 1.807) is 6.92 Å². The van der Waals surface area contributed by atoms with Crippen molar-refractivity contribution in [2.45, 2.75) is 6.92 Å². The van der Waals surface area contributed by atoms with Crippen LogP contribution in [0.5, 0.6) is 5.75 Å². The molecule has 0 amide bonds. The SMILES string of the molecule is Cc1cc([N+](=O)[O-])c(O)cc1Cl. The largest absolute Gasteiger partial charge is 0.502 e. The number of rotatable bonds is 1. The lowest BCUT2D eigenvalue weighted by molar-refractivity contribution is -0.385. The van der Waals surface area contributed by atoms with Crippen LogP contribution in [-0.4, -0.2) is 10.0 Å². The molecule has 0 spiro atoms. The molecule has 0 radical (unpaired) electrons. The van der Waals surface area contributed by atoms with Gasteiger partial charge in [0, 0.05) is 17.2 Å². The molecule has 0 heterocycles. The third-order valence-corrected chi connectivity index (χ3v) is 1.86. The summed E-state index contributed by atoms with van der Waals surface area (Å²) in [5.41, 5.74) is 0.248. The van der Waals surface area contributed by atoms with E-state index in [-0.39, 0.29) is 5.69 Å². The van der Waals surface area contributed by atoms with Gasteiger partial charge in [-0.2, -0.15) is 0 Å². The van der Waals surface area contributed by atoms with Gasteiger partial charge in [-0.25, -0.2) is 0 Å². The molecule has 1 rings (SSSR count). The normalized spacial score (nSPS) is 9.83. The third-order valence-electron chi connectivity index (χ3n) is 1.45. The van der Waals surface area contributed by atoms with E-state index in [0.717, 1.165) is 6.07 Å². The van der Waals surface area contributed by atoms with E-state index in [1.165, 1.54) is 6.07 Å². The fourth-order valence-corrected chi connectivity index (χ4v) is 0.960. The Balaban J connectivity index is 3.33. The maximum atomic E-state index is 10.3. The number of phenols is 1. The lowest BCUT2D eigenvalue weighted by Crippen LogP contribution is -1.89. The Morgan fingerprint density at radius 3 is 2.67 bits per heavy atom. The van der Waals surface area contributed by atoms with Gasteiger partial charge >= 0.3 is 5.69 Å². The molecule has 0 bridgehead atoms. The van der Waals surface area contributed by atoms with Gasteiger partial charge in [0.05, 0.1) is 4.92 Å². The predicted octanol–water partition coefficient (Wildman–Crippen LogP) is 2.26. The van der Waals surface area contributed by atoms with Crippen LogP contribution in [0, 0.1) is 17.0 Å². The van der Waals surface area contributed by atoms with Crippen LogP contribution in [0.2, 0.25) is 5.02 Å². The highest BCUT2D eigenvalue weighted by molar-refractivity contribution is 6.31. The summed E-state index contributed by atoms with van der Waals surface area (Å²) in [7, 11) is 0. The van der Waals surface area contributed by atoms with Crippen molar-refractivity contribution in [1.82, 2.24) is 0 Å². The minimum Gasteiger partial charge on any atom is -0.502 e. The summed E-state index contributed by atoms with van der Waals surface area (Å²) in [5.74, 6) is -0.407. The minimum absolute atomic E-state index is 0.318. The van der Waals surface area contributed by atoms with Crippen LogP contribution >= 0.6 is 11.6 Å². The Morgan fingerprint density at radius 1 is 1.58 bits per heavy atom. The van der Waals surface area contributed by atoms with Crippen molar-refractivity contribution in [2.75, 3.05) is 0 Å². The molecule has 0 saturated carbocycles. The zero-order valence-electron chi connectivity index (χ0n) is 6.24. The maximum absolute atomic E-state index is 10.3. The molecule has 0 fully saturated rings. The van der Waals surface area contributed by atoms with E-state index in [0.29, 0.717) is 10.6 Å². The summed E-state index contributed by atoms with van der Waals surface area (Å²) in [6.45, 7) is 1.63. The number of aryl methyl sites for hydroxylation is 1. The van der Waals surface area contributed by atoms with E-state index in [2.05, 4.69) is 0 Å². The number of phenolic OH excluding ortho intramolecular Hbond substituents is 1. The average molecular weight is 188 g/mol. The van der Waals surface area contributed by atoms with Crippen LogP contribution in [0.15, 0.2) is 12.1 Å². The first-order chi connectivity index (χ1) is 5.52. The maximum Gasteiger partial charge on any atom is 0.311 e. The van der Waals surface area contributed by atoms with Gasteiger partial charge < -0.3 is 5.11 Å². The second kappa shape index (κ2) is 2.98. The first-order valence-corrected chi connectivity index (χ1v) is 3.53. The molecule has 1 aromatic carbocycles. The Kier molecular flexibility index (Phi) is 2.19. The first kappa shape index (κ1) is 8.80. The quantitative estimate of drug-likeness (QED) is 0.542. The van der Waals surface area contributed by atoms with Crippen molar-refractivity contribution in [3.63, 3.8) is 0 Å². The molecule has 0 aliphatic carbocycles. The lowest BCUT2D eigenvalue weighted by atomic mass is 10.2. The fourth-order valence-electron chi connectivity index (χ4n) is 0.802. The molecule has 1 N–H and O–H groups in total. The smallest absolute Gasteiger partial charge is 0.311 e. The molecule has 0 aromatic heterocycles. The second-order valence-corrected chi connectivity index (χ2v) is 2.75. The zero-order valence-corrected chi connectivity index (χ0v) is 7.00. The number of nitro benzene ring substituents is 1. The summed E-state index contributed by atoms with van der Waals surface area (Å²) in [5, 5.41) is 19.7. The zero-order chi connectivity index (χ0) is 9.30. The monoisotopic (exact) mass is 187 g/mol. The summed E-state index contributed by atoms with van der Waals surface area (Å²) in [6.07, 6.45) is 0. The Bertz CT molecular complexity index is 338. The second-order valence-electron chi connectivity index (χ2n) is 2.35. The number of aromatic hydroxyl groups is 1. The van der Waals surface area contributed by atoms with Gasteiger partial charge in [-0.1, -0.05) is 11.6 Å². The number of nitro groups is 1. The number of nitrogens with zero attached hydrogens (tertiary/aromatic N) is 1. The van der Waals surface area contributed by atoms with Gasteiger partial charge in [-0.15, -0.1) is 0 Å². The van der Waals surface area contributed by atoms with Crippen molar-refractivity contribution in [3.8, 4) is 5.75 Å². The van der Waals surface area contributed by atoms with Crippen LogP contribution in [0.3, 0.4) is 0 Å². The molecule has 64 valence electrons. The summed E-state index contributed by atoms with van der Waals surface area (Å²) >= 11 is 5.61. The topological polar surface area (TPSA) is 63.4 Å². The van der Waals surface area contributed by atoms with Crippen molar-refractivity contribution >= 4 is 17.3 Å². The molecule has 1 aromatic rings. The van der Waals surface area contributed by atoms with Crippen LogP contribution in [0.25, 0.3) is 0 Å². The van der Waals surface area contributed by atoms with Crippen molar-refractivity contribution in [2.24, 2.45) is 0 Å². The van der Waals surface area contributed by atoms with Crippen molar-refractivity contribution in [3.05, 3.63) is 32.8 Å². The Labute approximate surface area is 73.5 Å². The first-order valence-electron chi connectivity index (χ1n) is 3.16. The molecular weight excluding hydrogens is 182 g/mol. The van der Waals surface area contributed by atoms with Gasteiger partial charge in [0.1, 0.15) is 0 Å². The standard InChI is InChI=1S/C7H6ClNO3/c1-4-2-6(9(11)12)7(10)3-5(4)8/h2-3,10H,1H3. The molecule has 0 unspecified atom stereocenters. The highest BCUT2D eigenvalue weighted by atomic mass is 35.5. The summed E-state index contributed by atoms with van der Waals surface area (Å²) < 4.78 is 0. The van der Waals surface area contributed by atoms with E-state index in [4.69, 9.17) is 16.7 Å².